The SMILES string of the molecule is CC1(C)COCCN1CCN=C(N)Nc1ccc2c(c1)OCCCO2.I. The number of nitrogens with zero attached hydrogens (tertiary/aromatic N) is 2. The summed E-state index contributed by atoms with van der Waals surface area (Å²) in [5.41, 5.74) is 6.91. The monoisotopic (exact) mass is 476 g/mol. The molecule has 8 heteroatoms. The number of halogens is 1. The molecule has 0 saturated carbocycles. The van der Waals surface area contributed by atoms with E-state index in [0.717, 1.165) is 49.9 Å². The Hall–Kier alpha value is -1.26. The van der Waals surface area contributed by atoms with Crippen LogP contribution in [0.2, 0.25) is 0 Å². The van der Waals surface area contributed by atoms with Crippen molar-refractivity contribution in [2.45, 2.75) is 25.8 Å². The zero-order valence-corrected chi connectivity index (χ0v) is 17.8. The van der Waals surface area contributed by atoms with Gasteiger partial charge in [0.1, 0.15) is 0 Å². The highest BCUT2D eigenvalue weighted by atomic mass is 127. The fourth-order valence-electron chi connectivity index (χ4n) is 3.02. The van der Waals surface area contributed by atoms with Crippen LogP contribution in [-0.4, -0.2) is 62.5 Å². The van der Waals surface area contributed by atoms with Gasteiger partial charge in [-0.1, -0.05) is 0 Å². The Morgan fingerprint density at radius 3 is 2.77 bits per heavy atom. The standard InChI is InChI=1S/C18H28N4O3.HI/c1-18(2)13-23-11-8-22(18)7-6-20-17(19)21-14-4-5-15-16(12-14)25-10-3-9-24-15;/h4-5,12H,3,6-11,13H2,1-2H3,(H3,19,20,21);1H. The van der Waals surface area contributed by atoms with E-state index in [9.17, 15) is 0 Å². The van der Waals surface area contributed by atoms with Crippen molar-refractivity contribution >= 4 is 35.6 Å². The molecule has 2 heterocycles. The molecule has 0 unspecified atom stereocenters. The molecule has 0 aromatic heterocycles. The molecular weight excluding hydrogens is 447 g/mol. The first-order valence-corrected chi connectivity index (χ1v) is 8.84. The number of nitrogens with two attached hydrogens (primary N) is 1. The van der Waals surface area contributed by atoms with Crippen LogP contribution in [0.25, 0.3) is 0 Å². The van der Waals surface area contributed by atoms with Crippen molar-refractivity contribution in [1.82, 2.24) is 4.90 Å². The Morgan fingerprint density at radius 2 is 2.00 bits per heavy atom. The number of fused-ring (bicyclic) bond motifs is 1. The summed E-state index contributed by atoms with van der Waals surface area (Å²) in [5.74, 6) is 1.92. The predicted molar refractivity (Wildman–Crippen MR) is 114 cm³/mol. The number of ether oxygens (including phenoxy) is 3. The van der Waals surface area contributed by atoms with Gasteiger partial charge in [-0.15, -0.1) is 24.0 Å². The molecule has 0 amide bonds. The zero-order chi connectivity index (χ0) is 17.7. The first-order chi connectivity index (χ1) is 12.0. The first-order valence-electron chi connectivity index (χ1n) is 8.84. The molecule has 0 atom stereocenters. The number of nitrogens with one attached hydrogen (secondary N) is 1. The molecule has 0 spiro atoms. The molecule has 146 valence electrons. The average molecular weight is 476 g/mol. The second-order valence-electron chi connectivity index (χ2n) is 6.96. The van der Waals surface area contributed by atoms with Crippen LogP contribution in [0.3, 0.4) is 0 Å². The van der Waals surface area contributed by atoms with Crippen molar-refractivity contribution in [1.29, 1.82) is 0 Å². The van der Waals surface area contributed by atoms with E-state index < -0.39 is 0 Å². The van der Waals surface area contributed by atoms with Crippen LogP contribution in [0, 0.1) is 0 Å². The van der Waals surface area contributed by atoms with Crippen LogP contribution in [-0.2, 0) is 4.74 Å². The third kappa shape index (κ3) is 5.62. The van der Waals surface area contributed by atoms with E-state index in [1.165, 1.54) is 0 Å². The molecule has 1 fully saturated rings. The van der Waals surface area contributed by atoms with E-state index in [-0.39, 0.29) is 29.5 Å². The van der Waals surface area contributed by atoms with Crippen molar-refractivity contribution in [3.8, 4) is 11.5 Å². The molecule has 3 N–H and O–H groups in total. The number of anilines is 1. The maximum atomic E-state index is 6.02. The highest BCUT2D eigenvalue weighted by molar-refractivity contribution is 14.0. The van der Waals surface area contributed by atoms with Gasteiger partial charge in [-0.25, -0.2) is 0 Å². The summed E-state index contributed by atoms with van der Waals surface area (Å²) < 4.78 is 16.9. The molecule has 1 aromatic carbocycles. The smallest absolute Gasteiger partial charge is 0.193 e. The molecule has 7 nitrogen and oxygen atoms in total. The van der Waals surface area contributed by atoms with E-state index in [4.69, 9.17) is 19.9 Å². The Morgan fingerprint density at radius 1 is 1.23 bits per heavy atom. The molecule has 1 aromatic rings. The van der Waals surface area contributed by atoms with Crippen molar-refractivity contribution in [3.05, 3.63) is 18.2 Å². The van der Waals surface area contributed by atoms with Gasteiger partial charge in [0.05, 0.1) is 33.0 Å². The van der Waals surface area contributed by atoms with E-state index >= 15 is 0 Å². The van der Waals surface area contributed by atoms with E-state index in [1.807, 2.05) is 18.2 Å². The first kappa shape index (κ1) is 21.0. The summed E-state index contributed by atoms with van der Waals surface area (Å²) in [4.78, 5) is 6.83. The molecule has 26 heavy (non-hydrogen) atoms. The van der Waals surface area contributed by atoms with Gasteiger partial charge in [0.25, 0.3) is 0 Å². The van der Waals surface area contributed by atoms with Crippen LogP contribution in [0.1, 0.15) is 20.3 Å². The lowest BCUT2D eigenvalue weighted by Crippen LogP contribution is -2.53. The number of benzene rings is 1. The summed E-state index contributed by atoms with van der Waals surface area (Å²) in [6, 6.07) is 5.71. The molecule has 2 aliphatic heterocycles. The molecular formula is C18H29IN4O3. The summed E-state index contributed by atoms with van der Waals surface area (Å²) in [6.45, 7) is 9.69. The third-order valence-corrected chi connectivity index (χ3v) is 4.49. The van der Waals surface area contributed by atoms with Gasteiger partial charge in [0.15, 0.2) is 17.5 Å². The van der Waals surface area contributed by atoms with Crippen LogP contribution in [0.5, 0.6) is 11.5 Å². The summed E-state index contributed by atoms with van der Waals surface area (Å²) in [7, 11) is 0. The highest BCUT2D eigenvalue weighted by Crippen LogP contribution is 2.32. The minimum Gasteiger partial charge on any atom is -0.490 e. The van der Waals surface area contributed by atoms with Gasteiger partial charge in [0, 0.05) is 36.8 Å². The van der Waals surface area contributed by atoms with Crippen LogP contribution in [0.15, 0.2) is 23.2 Å². The minimum atomic E-state index is 0. The van der Waals surface area contributed by atoms with Crippen LogP contribution >= 0.6 is 24.0 Å². The summed E-state index contributed by atoms with van der Waals surface area (Å²) in [5, 5.41) is 3.12. The fraction of sp³-hybridized carbons (Fsp3) is 0.611. The average Bonchev–Trinajstić information content (AvgIpc) is 2.81. The van der Waals surface area contributed by atoms with Gasteiger partial charge in [-0.3, -0.25) is 9.89 Å². The Labute approximate surface area is 172 Å². The molecule has 0 bridgehead atoms. The molecule has 2 aliphatic rings. The Balaban J connectivity index is 0.00000243. The third-order valence-electron chi connectivity index (χ3n) is 4.49. The zero-order valence-electron chi connectivity index (χ0n) is 15.5. The maximum Gasteiger partial charge on any atom is 0.193 e. The van der Waals surface area contributed by atoms with E-state index in [1.54, 1.807) is 0 Å². The second kappa shape index (κ2) is 9.61. The van der Waals surface area contributed by atoms with Gasteiger partial charge in [-0.05, 0) is 26.0 Å². The van der Waals surface area contributed by atoms with Gasteiger partial charge < -0.3 is 25.3 Å². The van der Waals surface area contributed by atoms with Crippen molar-refractivity contribution in [2.75, 3.05) is 51.4 Å². The molecule has 0 aliphatic carbocycles. The fourth-order valence-corrected chi connectivity index (χ4v) is 3.02. The normalized spacial score (nSPS) is 20.0. The van der Waals surface area contributed by atoms with E-state index in [2.05, 4.69) is 29.1 Å². The predicted octanol–water partition coefficient (Wildman–Crippen LogP) is 2.30. The van der Waals surface area contributed by atoms with E-state index in [0.29, 0.717) is 25.7 Å². The number of guanidine groups is 1. The van der Waals surface area contributed by atoms with Gasteiger partial charge >= 0.3 is 0 Å². The maximum absolute atomic E-state index is 6.02. The van der Waals surface area contributed by atoms with Gasteiger partial charge in [-0.2, -0.15) is 0 Å². The largest absolute Gasteiger partial charge is 0.490 e. The lowest BCUT2D eigenvalue weighted by atomic mass is 10.0. The number of hydrogen-bond acceptors (Lipinski definition) is 5. The topological polar surface area (TPSA) is 81.3 Å². The second-order valence-corrected chi connectivity index (χ2v) is 6.96. The van der Waals surface area contributed by atoms with Crippen molar-refractivity contribution < 1.29 is 14.2 Å². The Kier molecular flexibility index (Phi) is 7.78. The molecule has 3 rings (SSSR count). The number of aliphatic imine (C=N–C) groups is 1. The summed E-state index contributed by atoms with van der Waals surface area (Å²) >= 11 is 0. The lowest BCUT2D eigenvalue weighted by Gasteiger charge is -2.41. The number of hydrogen-bond donors (Lipinski definition) is 2. The summed E-state index contributed by atoms with van der Waals surface area (Å²) in [6.07, 6.45) is 0.888. The van der Waals surface area contributed by atoms with Crippen LogP contribution < -0.4 is 20.5 Å². The van der Waals surface area contributed by atoms with Crippen LogP contribution in [0.4, 0.5) is 5.69 Å². The van der Waals surface area contributed by atoms with Crippen molar-refractivity contribution in [2.24, 2.45) is 10.7 Å². The Bertz CT molecular complexity index is 624. The van der Waals surface area contributed by atoms with Crippen molar-refractivity contribution in [3.63, 3.8) is 0 Å². The lowest BCUT2D eigenvalue weighted by molar-refractivity contribution is -0.0491. The number of rotatable bonds is 4. The minimum absolute atomic E-state index is 0. The highest BCUT2D eigenvalue weighted by Gasteiger charge is 2.29. The number of morpholine rings is 1. The van der Waals surface area contributed by atoms with Gasteiger partial charge in [0.2, 0.25) is 0 Å². The quantitative estimate of drug-likeness (QED) is 0.395. The molecule has 1 saturated heterocycles. The molecule has 0 radical (unpaired) electrons.